The quantitative estimate of drug-likeness (QED) is 0.747. The molecule has 1 amide bonds. The molecule has 1 unspecified atom stereocenters. The Balaban J connectivity index is 1.91. The summed E-state index contributed by atoms with van der Waals surface area (Å²) in [4.78, 5) is 12.3. The van der Waals surface area contributed by atoms with Gasteiger partial charge in [-0.1, -0.05) is 18.2 Å². The minimum atomic E-state index is -0.144. The second kappa shape index (κ2) is 8.41. The maximum Gasteiger partial charge on any atom is 0.237 e. The average Bonchev–Trinajstić information content (AvgIpc) is 2.55. The van der Waals surface area contributed by atoms with Crippen LogP contribution in [-0.2, 0) is 10.5 Å². The molecule has 122 valence electrons. The maximum absolute atomic E-state index is 12.3. The van der Waals surface area contributed by atoms with Crippen LogP contribution >= 0.6 is 27.7 Å². The van der Waals surface area contributed by atoms with Crippen molar-refractivity contribution in [2.45, 2.75) is 24.9 Å². The molecule has 0 saturated heterocycles. The molecular weight excluding hydrogens is 374 g/mol. The van der Waals surface area contributed by atoms with Crippen LogP contribution < -0.4 is 10.1 Å². The summed E-state index contributed by atoms with van der Waals surface area (Å²) in [5.41, 5.74) is 3.09. The van der Waals surface area contributed by atoms with Crippen LogP contribution in [-0.4, -0.2) is 18.3 Å². The molecule has 5 heteroatoms. The van der Waals surface area contributed by atoms with Crippen molar-refractivity contribution in [3.63, 3.8) is 0 Å². The zero-order chi connectivity index (χ0) is 16.8. The number of hydrogen-bond donors (Lipinski definition) is 1. The number of anilines is 1. The second-order valence-corrected chi connectivity index (χ2v) is 7.46. The van der Waals surface area contributed by atoms with Crippen molar-refractivity contribution < 1.29 is 9.53 Å². The van der Waals surface area contributed by atoms with E-state index in [0.717, 1.165) is 32.8 Å². The summed E-state index contributed by atoms with van der Waals surface area (Å²) in [5, 5.41) is 2.82. The van der Waals surface area contributed by atoms with Gasteiger partial charge in [0.05, 0.1) is 18.0 Å². The standard InChI is InChI=1S/C18H20BrNO2S/c1-12-7-8-17(16(19)9-12)20-18(21)13(2)23-11-14-5-4-6-15(10-14)22-3/h4-10,13H,11H2,1-3H3,(H,20,21). The van der Waals surface area contributed by atoms with Crippen molar-refractivity contribution in [1.82, 2.24) is 0 Å². The van der Waals surface area contributed by atoms with Crippen molar-refractivity contribution in [3.8, 4) is 5.75 Å². The number of amides is 1. The van der Waals surface area contributed by atoms with E-state index in [-0.39, 0.29) is 11.2 Å². The Morgan fingerprint density at radius 2 is 2.09 bits per heavy atom. The van der Waals surface area contributed by atoms with Gasteiger partial charge in [-0.05, 0) is 65.2 Å². The van der Waals surface area contributed by atoms with E-state index in [1.165, 1.54) is 0 Å². The number of benzene rings is 2. The lowest BCUT2D eigenvalue weighted by Crippen LogP contribution is -2.22. The number of hydrogen-bond acceptors (Lipinski definition) is 3. The molecule has 0 radical (unpaired) electrons. The molecule has 1 N–H and O–H groups in total. The van der Waals surface area contributed by atoms with Gasteiger partial charge >= 0.3 is 0 Å². The number of halogens is 1. The molecule has 2 aromatic carbocycles. The molecule has 0 aliphatic heterocycles. The Bertz CT molecular complexity index is 690. The molecule has 0 heterocycles. The average molecular weight is 394 g/mol. The first-order valence-corrected chi connectivity index (χ1v) is 9.15. The molecule has 3 nitrogen and oxygen atoms in total. The summed E-state index contributed by atoms with van der Waals surface area (Å²) in [5.74, 6) is 1.60. The highest BCUT2D eigenvalue weighted by Gasteiger charge is 2.15. The third-order valence-electron chi connectivity index (χ3n) is 3.39. The summed E-state index contributed by atoms with van der Waals surface area (Å²) in [7, 11) is 1.65. The first-order chi connectivity index (χ1) is 11.0. The van der Waals surface area contributed by atoms with Gasteiger partial charge < -0.3 is 10.1 Å². The lowest BCUT2D eigenvalue weighted by Gasteiger charge is -2.13. The van der Waals surface area contributed by atoms with E-state index >= 15 is 0 Å². The van der Waals surface area contributed by atoms with Gasteiger partial charge in [-0.15, -0.1) is 11.8 Å². The van der Waals surface area contributed by atoms with E-state index in [0.29, 0.717) is 0 Å². The fourth-order valence-electron chi connectivity index (χ4n) is 2.02. The van der Waals surface area contributed by atoms with Gasteiger partial charge in [0.1, 0.15) is 5.75 Å². The number of thioether (sulfide) groups is 1. The van der Waals surface area contributed by atoms with E-state index in [2.05, 4.69) is 21.2 Å². The summed E-state index contributed by atoms with van der Waals surface area (Å²) in [6.45, 7) is 3.94. The number of methoxy groups -OCH3 is 1. The Morgan fingerprint density at radius 3 is 2.78 bits per heavy atom. The number of carbonyl (C=O) groups is 1. The molecule has 0 fully saturated rings. The van der Waals surface area contributed by atoms with E-state index < -0.39 is 0 Å². The fourth-order valence-corrected chi connectivity index (χ4v) is 3.44. The van der Waals surface area contributed by atoms with Crippen LogP contribution in [0, 0.1) is 6.92 Å². The first-order valence-electron chi connectivity index (χ1n) is 7.31. The predicted octanol–water partition coefficient (Wildman–Crippen LogP) is 5.03. The van der Waals surface area contributed by atoms with E-state index in [1.54, 1.807) is 18.9 Å². The van der Waals surface area contributed by atoms with Gasteiger partial charge in [0.15, 0.2) is 0 Å². The van der Waals surface area contributed by atoms with Crippen LogP contribution in [0.25, 0.3) is 0 Å². The molecule has 0 aliphatic rings. The van der Waals surface area contributed by atoms with Crippen LogP contribution in [0.15, 0.2) is 46.9 Å². The predicted molar refractivity (Wildman–Crippen MR) is 101 cm³/mol. The van der Waals surface area contributed by atoms with Crippen LogP contribution in [0.1, 0.15) is 18.1 Å². The van der Waals surface area contributed by atoms with Crippen molar-refractivity contribution in [3.05, 3.63) is 58.1 Å². The number of carbonyl (C=O) groups excluding carboxylic acids is 1. The summed E-state index contributed by atoms with van der Waals surface area (Å²) < 4.78 is 6.12. The largest absolute Gasteiger partial charge is 0.497 e. The number of ether oxygens (including phenoxy) is 1. The SMILES string of the molecule is COc1cccc(CSC(C)C(=O)Nc2ccc(C)cc2Br)c1. The highest BCUT2D eigenvalue weighted by Crippen LogP contribution is 2.26. The maximum atomic E-state index is 12.3. The van der Waals surface area contributed by atoms with Crippen molar-refractivity contribution >= 4 is 39.3 Å². The molecule has 0 saturated carbocycles. The Labute approximate surface area is 149 Å². The Morgan fingerprint density at radius 1 is 1.30 bits per heavy atom. The minimum Gasteiger partial charge on any atom is -0.497 e. The highest BCUT2D eigenvalue weighted by molar-refractivity contribution is 9.10. The zero-order valence-corrected chi connectivity index (χ0v) is 15.8. The summed E-state index contributed by atoms with van der Waals surface area (Å²) in [6.07, 6.45) is 0. The van der Waals surface area contributed by atoms with Crippen molar-refractivity contribution in [2.75, 3.05) is 12.4 Å². The van der Waals surface area contributed by atoms with E-state index in [4.69, 9.17) is 4.74 Å². The third-order valence-corrected chi connectivity index (χ3v) is 5.26. The van der Waals surface area contributed by atoms with Gasteiger partial charge in [0.25, 0.3) is 0 Å². The van der Waals surface area contributed by atoms with Gasteiger partial charge in [-0.2, -0.15) is 0 Å². The molecule has 0 bridgehead atoms. The highest BCUT2D eigenvalue weighted by atomic mass is 79.9. The monoisotopic (exact) mass is 393 g/mol. The van der Waals surface area contributed by atoms with Gasteiger partial charge in [-0.3, -0.25) is 4.79 Å². The smallest absolute Gasteiger partial charge is 0.237 e. The zero-order valence-electron chi connectivity index (χ0n) is 13.4. The number of nitrogens with one attached hydrogen (secondary N) is 1. The molecule has 0 spiro atoms. The first kappa shape index (κ1) is 17.9. The van der Waals surface area contributed by atoms with Crippen LogP contribution in [0.5, 0.6) is 5.75 Å². The van der Waals surface area contributed by atoms with Gasteiger partial charge in [0.2, 0.25) is 5.91 Å². The van der Waals surface area contributed by atoms with E-state index in [1.807, 2.05) is 56.3 Å². The summed E-state index contributed by atoms with van der Waals surface area (Å²) >= 11 is 5.08. The lowest BCUT2D eigenvalue weighted by molar-refractivity contribution is -0.115. The normalized spacial score (nSPS) is 11.8. The van der Waals surface area contributed by atoms with Crippen molar-refractivity contribution in [2.24, 2.45) is 0 Å². The lowest BCUT2D eigenvalue weighted by atomic mass is 10.2. The van der Waals surface area contributed by atoms with Crippen LogP contribution in [0.3, 0.4) is 0 Å². The molecule has 0 aromatic heterocycles. The topological polar surface area (TPSA) is 38.3 Å². The number of rotatable bonds is 6. The Hall–Kier alpha value is -1.46. The van der Waals surface area contributed by atoms with Crippen LogP contribution in [0.4, 0.5) is 5.69 Å². The number of aryl methyl sites for hydroxylation is 1. The van der Waals surface area contributed by atoms with Gasteiger partial charge in [0, 0.05) is 10.2 Å². The van der Waals surface area contributed by atoms with Gasteiger partial charge in [-0.25, -0.2) is 0 Å². The molecule has 2 aromatic rings. The van der Waals surface area contributed by atoms with Crippen molar-refractivity contribution in [1.29, 1.82) is 0 Å². The van der Waals surface area contributed by atoms with Crippen LogP contribution in [0.2, 0.25) is 0 Å². The molecular formula is C18H20BrNO2S. The minimum absolute atomic E-state index is 0.00227. The molecule has 23 heavy (non-hydrogen) atoms. The second-order valence-electron chi connectivity index (χ2n) is 5.28. The molecule has 0 aliphatic carbocycles. The molecule has 1 atom stereocenters. The fraction of sp³-hybridized carbons (Fsp3) is 0.278. The van der Waals surface area contributed by atoms with E-state index in [9.17, 15) is 4.79 Å². The molecule has 2 rings (SSSR count). The Kier molecular flexibility index (Phi) is 6.54. The summed E-state index contributed by atoms with van der Waals surface area (Å²) in [6, 6.07) is 13.8. The third kappa shape index (κ3) is 5.29.